The van der Waals surface area contributed by atoms with Crippen LogP contribution in [0, 0.1) is 0 Å². The van der Waals surface area contributed by atoms with Crippen LogP contribution in [-0.4, -0.2) is 16.7 Å². The van der Waals surface area contributed by atoms with Gasteiger partial charge in [0.25, 0.3) is 5.56 Å². The van der Waals surface area contributed by atoms with Crippen molar-refractivity contribution < 1.29 is 4.74 Å². The molecule has 0 saturated heterocycles. The van der Waals surface area contributed by atoms with Gasteiger partial charge >= 0.3 is 5.69 Å². The Morgan fingerprint density at radius 2 is 2.16 bits per heavy atom. The summed E-state index contributed by atoms with van der Waals surface area (Å²) in [4.78, 5) is 25.0. The Morgan fingerprint density at radius 3 is 2.84 bits per heavy atom. The summed E-state index contributed by atoms with van der Waals surface area (Å²) in [5, 5.41) is -0.0291. The maximum atomic E-state index is 11.7. The molecule has 0 unspecified atom stereocenters. The van der Waals surface area contributed by atoms with E-state index in [2.05, 4.69) is 20.9 Å². The van der Waals surface area contributed by atoms with Gasteiger partial charge < -0.3 is 4.74 Å². The van der Waals surface area contributed by atoms with E-state index in [1.54, 1.807) is 19.2 Å². The fraction of sp³-hybridized carbons (Fsp3) is 0.167. The number of benzene rings is 1. The quantitative estimate of drug-likeness (QED) is 0.925. The van der Waals surface area contributed by atoms with Gasteiger partial charge in [0.1, 0.15) is 10.8 Å². The van der Waals surface area contributed by atoms with Gasteiger partial charge in [-0.15, -0.1) is 0 Å². The maximum Gasteiger partial charge on any atom is 0.328 e. The van der Waals surface area contributed by atoms with Gasteiger partial charge in [-0.1, -0.05) is 27.5 Å². The van der Waals surface area contributed by atoms with E-state index in [4.69, 9.17) is 16.3 Å². The lowest BCUT2D eigenvalue weighted by Crippen LogP contribution is -2.30. The molecule has 0 fully saturated rings. The number of ether oxygens (including phenoxy) is 1. The van der Waals surface area contributed by atoms with Gasteiger partial charge in [-0.05, 0) is 23.8 Å². The number of aromatic nitrogens is 2. The van der Waals surface area contributed by atoms with E-state index in [1.807, 2.05) is 6.07 Å². The third-order valence-corrected chi connectivity index (χ3v) is 3.60. The van der Waals surface area contributed by atoms with Crippen molar-refractivity contribution >= 4 is 27.5 Å². The lowest BCUT2D eigenvalue weighted by molar-refractivity contribution is 0.414. The molecule has 0 aliphatic heterocycles. The first-order valence-corrected chi connectivity index (χ1v) is 6.50. The zero-order chi connectivity index (χ0) is 14.0. The van der Waals surface area contributed by atoms with Crippen LogP contribution in [0.2, 0.25) is 5.02 Å². The molecule has 5 nitrogen and oxygen atoms in total. The van der Waals surface area contributed by atoms with Crippen LogP contribution >= 0.6 is 27.5 Å². The number of methoxy groups -OCH3 is 1. The minimum atomic E-state index is -0.590. The second kappa shape index (κ2) is 5.63. The molecule has 0 aliphatic carbocycles. The zero-order valence-electron chi connectivity index (χ0n) is 9.94. The van der Waals surface area contributed by atoms with E-state index in [-0.39, 0.29) is 11.6 Å². The van der Waals surface area contributed by atoms with Crippen LogP contribution in [0.1, 0.15) is 5.56 Å². The van der Waals surface area contributed by atoms with Crippen molar-refractivity contribution in [2.75, 3.05) is 7.11 Å². The van der Waals surface area contributed by atoms with Crippen LogP contribution in [-0.2, 0) is 6.54 Å². The van der Waals surface area contributed by atoms with Gasteiger partial charge in [0.05, 0.1) is 13.7 Å². The van der Waals surface area contributed by atoms with Crippen molar-refractivity contribution in [1.82, 2.24) is 9.55 Å². The molecule has 19 heavy (non-hydrogen) atoms. The molecule has 0 amide bonds. The number of halogens is 2. The molecule has 0 spiro atoms. The van der Waals surface area contributed by atoms with Crippen LogP contribution in [0.4, 0.5) is 0 Å². The summed E-state index contributed by atoms with van der Waals surface area (Å²) in [7, 11) is 1.57. The first-order chi connectivity index (χ1) is 9.01. The molecule has 0 atom stereocenters. The number of rotatable bonds is 3. The summed E-state index contributed by atoms with van der Waals surface area (Å²) in [5.41, 5.74) is -0.263. The highest BCUT2D eigenvalue weighted by molar-refractivity contribution is 9.10. The lowest BCUT2D eigenvalue weighted by atomic mass is 10.2. The Bertz CT molecular complexity index is 724. The highest BCUT2D eigenvalue weighted by Crippen LogP contribution is 2.23. The normalized spacial score (nSPS) is 10.5. The second-order valence-corrected chi connectivity index (χ2v) is 5.08. The summed E-state index contributed by atoms with van der Waals surface area (Å²) in [6, 6.07) is 5.43. The highest BCUT2D eigenvalue weighted by Gasteiger charge is 2.07. The average Bonchev–Trinajstić information content (AvgIpc) is 2.38. The molecule has 1 heterocycles. The Hall–Kier alpha value is -1.53. The van der Waals surface area contributed by atoms with E-state index in [9.17, 15) is 9.59 Å². The molecule has 100 valence electrons. The van der Waals surface area contributed by atoms with Crippen molar-refractivity contribution in [1.29, 1.82) is 0 Å². The first-order valence-electron chi connectivity index (χ1n) is 5.33. The third kappa shape index (κ3) is 3.08. The molecule has 2 rings (SSSR count). The number of H-pyrrole nitrogens is 1. The summed E-state index contributed by atoms with van der Waals surface area (Å²) >= 11 is 9.11. The molecule has 1 aromatic heterocycles. The third-order valence-electron chi connectivity index (χ3n) is 2.56. The molecule has 0 bridgehead atoms. The lowest BCUT2D eigenvalue weighted by Gasteiger charge is -2.09. The molecule has 1 N–H and O–H groups in total. The molecular formula is C12H10BrClN2O3. The smallest absolute Gasteiger partial charge is 0.328 e. The molecule has 1 aromatic carbocycles. The van der Waals surface area contributed by atoms with Crippen molar-refractivity contribution in [2.45, 2.75) is 6.54 Å². The molecule has 7 heteroatoms. The van der Waals surface area contributed by atoms with Crippen molar-refractivity contribution in [2.24, 2.45) is 0 Å². The van der Waals surface area contributed by atoms with Gasteiger partial charge in [0.15, 0.2) is 0 Å². The number of hydrogen-bond acceptors (Lipinski definition) is 3. The Morgan fingerprint density at radius 1 is 1.42 bits per heavy atom. The topological polar surface area (TPSA) is 64.1 Å². The summed E-state index contributed by atoms with van der Waals surface area (Å²) in [6.45, 7) is 0.271. The Balaban J connectivity index is 2.44. The molecule has 0 radical (unpaired) electrons. The standard InChI is InChI=1S/C12H10BrClN2O3/c1-19-8-2-3-9(13)7(4-8)5-16-6-10(14)11(17)15-12(16)18/h2-4,6H,5H2,1H3,(H,15,17,18). The van der Waals surface area contributed by atoms with Crippen LogP contribution in [0.3, 0.4) is 0 Å². The molecule has 0 aliphatic rings. The number of nitrogens with one attached hydrogen (secondary N) is 1. The summed E-state index contributed by atoms with van der Waals surface area (Å²) in [6.07, 6.45) is 1.31. The van der Waals surface area contributed by atoms with Gasteiger partial charge in [-0.25, -0.2) is 4.79 Å². The highest BCUT2D eigenvalue weighted by atomic mass is 79.9. The second-order valence-electron chi connectivity index (χ2n) is 3.82. The van der Waals surface area contributed by atoms with E-state index in [1.165, 1.54) is 10.8 Å². The van der Waals surface area contributed by atoms with E-state index in [0.29, 0.717) is 5.75 Å². The summed E-state index contributed by atoms with van der Waals surface area (Å²) in [5.74, 6) is 0.682. The molecule has 0 saturated carbocycles. The van der Waals surface area contributed by atoms with Gasteiger partial charge in [-0.2, -0.15) is 0 Å². The minimum Gasteiger partial charge on any atom is -0.497 e. The zero-order valence-corrected chi connectivity index (χ0v) is 12.3. The fourth-order valence-corrected chi connectivity index (χ4v) is 2.12. The monoisotopic (exact) mass is 344 g/mol. The fourth-order valence-electron chi connectivity index (χ4n) is 1.58. The Kier molecular flexibility index (Phi) is 4.11. The van der Waals surface area contributed by atoms with Crippen molar-refractivity contribution in [3.8, 4) is 5.75 Å². The number of hydrogen-bond donors (Lipinski definition) is 1. The van der Waals surface area contributed by atoms with E-state index < -0.39 is 11.2 Å². The number of nitrogens with zero attached hydrogens (tertiary/aromatic N) is 1. The Labute approximate surface area is 121 Å². The van der Waals surface area contributed by atoms with Crippen LogP contribution in [0.25, 0.3) is 0 Å². The van der Waals surface area contributed by atoms with Crippen LogP contribution in [0.15, 0.2) is 38.5 Å². The SMILES string of the molecule is COc1ccc(Br)c(Cn2cc(Cl)c(=O)[nH]c2=O)c1. The largest absolute Gasteiger partial charge is 0.497 e. The van der Waals surface area contributed by atoms with Gasteiger partial charge in [-0.3, -0.25) is 14.3 Å². The van der Waals surface area contributed by atoms with E-state index >= 15 is 0 Å². The van der Waals surface area contributed by atoms with Crippen LogP contribution in [0.5, 0.6) is 5.75 Å². The van der Waals surface area contributed by atoms with Gasteiger partial charge in [0.2, 0.25) is 0 Å². The van der Waals surface area contributed by atoms with Crippen molar-refractivity contribution in [3.05, 3.63) is 60.3 Å². The summed E-state index contributed by atoms with van der Waals surface area (Å²) < 4.78 is 7.29. The van der Waals surface area contributed by atoms with E-state index in [0.717, 1.165) is 10.0 Å². The first kappa shape index (κ1) is 13.9. The predicted octanol–water partition coefficient (Wildman–Crippen LogP) is 2.01. The van der Waals surface area contributed by atoms with Crippen LogP contribution < -0.4 is 16.0 Å². The average molecular weight is 346 g/mol. The number of aromatic amines is 1. The van der Waals surface area contributed by atoms with Crippen molar-refractivity contribution in [3.63, 3.8) is 0 Å². The predicted molar refractivity (Wildman–Crippen MR) is 76.1 cm³/mol. The van der Waals surface area contributed by atoms with Gasteiger partial charge in [0, 0.05) is 10.7 Å². The molecular weight excluding hydrogens is 336 g/mol. The minimum absolute atomic E-state index is 0.0291. The molecule has 2 aromatic rings. The maximum absolute atomic E-state index is 11.7.